The summed E-state index contributed by atoms with van der Waals surface area (Å²) in [5.41, 5.74) is 5.01. The second-order valence-electron chi connectivity index (χ2n) is 8.23. The second kappa shape index (κ2) is 9.38. The maximum absolute atomic E-state index is 12.3. The molecule has 0 spiro atoms. The molecule has 3 aromatic heterocycles. The average molecular weight is 443 g/mol. The number of rotatable bonds is 9. The number of amides is 1. The Bertz CT molecular complexity index is 1250. The second-order valence-corrected chi connectivity index (χ2v) is 8.23. The van der Waals surface area contributed by atoms with E-state index in [1.807, 2.05) is 53.2 Å². The van der Waals surface area contributed by atoms with Crippen LogP contribution in [-0.2, 0) is 0 Å². The molecule has 0 bridgehead atoms. The van der Waals surface area contributed by atoms with Crippen LogP contribution in [0.1, 0.15) is 36.0 Å². The molecule has 168 valence electrons. The SMILES string of the molecule is O=C(NC1CC1)c1ccc(-c2cnc3c(NCCCCO)nc(-c4ccncc4)cn23)cc1. The number of anilines is 1. The van der Waals surface area contributed by atoms with Gasteiger partial charge in [-0.1, -0.05) is 12.1 Å². The molecule has 1 saturated carbocycles. The molecular weight excluding hydrogens is 416 g/mol. The lowest BCUT2D eigenvalue weighted by Gasteiger charge is -2.11. The molecule has 0 aliphatic heterocycles. The van der Waals surface area contributed by atoms with Crippen LogP contribution >= 0.6 is 0 Å². The van der Waals surface area contributed by atoms with E-state index in [2.05, 4.69) is 20.6 Å². The number of carbonyl (C=O) groups is 1. The lowest BCUT2D eigenvalue weighted by Crippen LogP contribution is -2.25. The molecular formula is C25H26N6O2. The first-order valence-corrected chi connectivity index (χ1v) is 11.3. The Morgan fingerprint density at radius 2 is 1.85 bits per heavy atom. The third kappa shape index (κ3) is 4.70. The number of aliphatic hydroxyl groups is 1. The van der Waals surface area contributed by atoms with Gasteiger partial charge in [0.2, 0.25) is 0 Å². The number of carbonyl (C=O) groups excluding carboxylic acids is 1. The average Bonchev–Trinajstić information content (AvgIpc) is 3.57. The van der Waals surface area contributed by atoms with E-state index in [9.17, 15) is 4.79 Å². The minimum atomic E-state index is -0.0271. The summed E-state index contributed by atoms with van der Waals surface area (Å²) >= 11 is 0. The van der Waals surface area contributed by atoms with Crippen LogP contribution in [0.3, 0.4) is 0 Å². The van der Waals surface area contributed by atoms with Crippen LogP contribution in [0.4, 0.5) is 5.82 Å². The molecule has 0 radical (unpaired) electrons. The molecule has 8 heteroatoms. The van der Waals surface area contributed by atoms with Gasteiger partial charge in [-0.15, -0.1) is 0 Å². The van der Waals surface area contributed by atoms with Gasteiger partial charge in [0.05, 0.1) is 17.6 Å². The van der Waals surface area contributed by atoms with E-state index >= 15 is 0 Å². The predicted molar refractivity (Wildman–Crippen MR) is 127 cm³/mol. The minimum Gasteiger partial charge on any atom is -0.396 e. The molecule has 0 atom stereocenters. The van der Waals surface area contributed by atoms with Crippen LogP contribution in [0.2, 0.25) is 0 Å². The molecule has 0 unspecified atom stereocenters. The van der Waals surface area contributed by atoms with Crippen molar-refractivity contribution >= 4 is 17.4 Å². The minimum absolute atomic E-state index is 0.0271. The van der Waals surface area contributed by atoms with Crippen LogP contribution in [0, 0.1) is 0 Å². The van der Waals surface area contributed by atoms with Crippen molar-refractivity contribution in [2.75, 3.05) is 18.5 Å². The summed E-state index contributed by atoms with van der Waals surface area (Å²) in [6, 6.07) is 11.8. The summed E-state index contributed by atoms with van der Waals surface area (Å²) in [7, 11) is 0. The summed E-state index contributed by atoms with van der Waals surface area (Å²) in [5.74, 6) is 0.662. The van der Waals surface area contributed by atoms with Crippen molar-refractivity contribution in [1.82, 2.24) is 24.7 Å². The summed E-state index contributed by atoms with van der Waals surface area (Å²) < 4.78 is 2.02. The normalized spacial score (nSPS) is 13.2. The van der Waals surface area contributed by atoms with E-state index in [-0.39, 0.29) is 12.5 Å². The molecule has 5 rings (SSSR count). The summed E-state index contributed by atoms with van der Waals surface area (Å²) in [5, 5.41) is 15.5. The number of aliphatic hydroxyl groups excluding tert-OH is 1. The molecule has 0 saturated heterocycles. The maximum Gasteiger partial charge on any atom is 0.251 e. The fourth-order valence-electron chi connectivity index (χ4n) is 3.71. The molecule has 3 N–H and O–H groups in total. The third-order valence-electron chi connectivity index (χ3n) is 5.70. The molecule has 1 amide bonds. The molecule has 8 nitrogen and oxygen atoms in total. The van der Waals surface area contributed by atoms with Gasteiger partial charge in [0.15, 0.2) is 11.5 Å². The molecule has 33 heavy (non-hydrogen) atoms. The Morgan fingerprint density at radius 1 is 1.06 bits per heavy atom. The van der Waals surface area contributed by atoms with Gasteiger partial charge in [0, 0.05) is 54.5 Å². The molecule has 4 aromatic rings. The fraction of sp³-hybridized carbons (Fsp3) is 0.280. The highest BCUT2D eigenvalue weighted by Gasteiger charge is 2.23. The van der Waals surface area contributed by atoms with Gasteiger partial charge < -0.3 is 15.7 Å². The number of hydrogen-bond donors (Lipinski definition) is 3. The van der Waals surface area contributed by atoms with E-state index in [0.29, 0.717) is 24.0 Å². The van der Waals surface area contributed by atoms with Gasteiger partial charge in [0.1, 0.15) is 0 Å². The molecule has 1 aromatic carbocycles. The Hall–Kier alpha value is -3.78. The highest BCUT2D eigenvalue weighted by Crippen LogP contribution is 2.28. The zero-order chi connectivity index (χ0) is 22.6. The highest BCUT2D eigenvalue weighted by atomic mass is 16.2. The first-order chi connectivity index (χ1) is 16.2. The number of fused-ring (bicyclic) bond motifs is 1. The number of benzene rings is 1. The Balaban J connectivity index is 1.50. The van der Waals surface area contributed by atoms with Crippen LogP contribution in [0.15, 0.2) is 61.2 Å². The summed E-state index contributed by atoms with van der Waals surface area (Å²) in [6.07, 6.45) is 11.0. The largest absolute Gasteiger partial charge is 0.396 e. The van der Waals surface area contributed by atoms with Crippen LogP contribution in [-0.4, -0.2) is 49.6 Å². The number of unbranched alkanes of at least 4 members (excludes halogenated alkanes) is 1. The van der Waals surface area contributed by atoms with E-state index in [1.165, 1.54) is 0 Å². The topological polar surface area (TPSA) is 104 Å². The van der Waals surface area contributed by atoms with Crippen molar-refractivity contribution in [3.8, 4) is 22.5 Å². The Morgan fingerprint density at radius 3 is 2.58 bits per heavy atom. The summed E-state index contributed by atoms with van der Waals surface area (Å²) in [4.78, 5) is 25.9. The molecule has 1 aliphatic rings. The fourth-order valence-corrected chi connectivity index (χ4v) is 3.71. The Kier molecular flexibility index (Phi) is 5.99. The number of nitrogens with one attached hydrogen (secondary N) is 2. The summed E-state index contributed by atoms with van der Waals surface area (Å²) in [6.45, 7) is 0.861. The van der Waals surface area contributed by atoms with E-state index in [4.69, 9.17) is 10.1 Å². The van der Waals surface area contributed by atoms with Crippen LogP contribution < -0.4 is 10.6 Å². The van der Waals surface area contributed by atoms with Crippen molar-refractivity contribution in [2.45, 2.75) is 31.7 Å². The van der Waals surface area contributed by atoms with Gasteiger partial charge >= 0.3 is 0 Å². The van der Waals surface area contributed by atoms with Gasteiger partial charge in [-0.2, -0.15) is 0 Å². The zero-order valence-electron chi connectivity index (χ0n) is 18.2. The quantitative estimate of drug-likeness (QED) is 0.343. The van der Waals surface area contributed by atoms with Crippen LogP contribution in [0.5, 0.6) is 0 Å². The number of nitrogens with zero attached hydrogens (tertiary/aromatic N) is 4. The van der Waals surface area contributed by atoms with Gasteiger partial charge in [-0.25, -0.2) is 9.97 Å². The van der Waals surface area contributed by atoms with Gasteiger partial charge in [0.25, 0.3) is 5.91 Å². The standard InChI is InChI=1S/C25H26N6O2/c32-14-2-1-11-27-23-24-28-15-22(31(24)16-21(30-23)17-9-12-26-13-10-17)18-3-5-19(6-4-18)25(33)29-20-7-8-20/h3-6,9-10,12-13,15-16,20,32H,1-2,7-8,11,14H2,(H,27,30)(H,29,33). The van der Waals surface area contributed by atoms with Gasteiger partial charge in [-0.3, -0.25) is 14.2 Å². The predicted octanol–water partition coefficient (Wildman–Crippen LogP) is 3.53. The number of hydrogen-bond acceptors (Lipinski definition) is 6. The Labute approximate surface area is 191 Å². The number of imidazole rings is 1. The van der Waals surface area contributed by atoms with Crippen molar-refractivity contribution in [3.63, 3.8) is 0 Å². The smallest absolute Gasteiger partial charge is 0.251 e. The van der Waals surface area contributed by atoms with Crippen LogP contribution in [0.25, 0.3) is 28.2 Å². The first kappa shape index (κ1) is 21.1. The monoisotopic (exact) mass is 442 g/mol. The van der Waals surface area contributed by atoms with E-state index in [0.717, 1.165) is 53.8 Å². The van der Waals surface area contributed by atoms with Crippen molar-refractivity contribution < 1.29 is 9.90 Å². The van der Waals surface area contributed by atoms with Crippen molar-refractivity contribution in [3.05, 3.63) is 66.7 Å². The molecule has 1 aliphatic carbocycles. The van der Waals surface area contributed by atoms with Crippen molar-refractivity contribution in [1.29, 1.82) is 0 Å². The van der Waals surface area contributed by atoms with Gasteiger partial charge in [-0.05, 0) is 49.9 Å². The highest BCUT2D eigenvalue weighted by molar-refractivity contribution is 5.95. The third-order valence-corrected chi connectivity index (χ3v) is 5.70. The van der Waals surface area contributed by atoms with E-state index < -0.39 is 0 Å². The number of pyridine rings is 1. The zero-order valence-corrected chi connectivity index (χ0v) is 18.2. The lowest BCUT2D eigenvalue weighted by atomic mass is 10.1. The first-order valence-electron chi connectivity index (χ1n) is 11.3. The molecule has 1 fully saturated rings. The maximum atomic E-state index is 12.3. The molecule has 3 heterocycles. The van der Waals surface area contributed by atoms with Crippen molar-refractivity contribution in [2.24, 2.45) is 0 Å². The number of aromatic nitrogens is 4. The lowest BCUT2D eigenvalue weighted by molar-refractivity contribution is 0.0951. The van der Waals surface area contributed by atoms with E-state index in [1.54, 1.807) is 12.4 Å².